The van der Waals surface area contributed by atoms with E-state index in [0.717, 1.165) is 18.6 Å². The van der Waals surface area contributed by atoms with Gasteiger partial charge in [0.05, 0.1) is 13.2 Å². The van der Waals surface area contributed by atoms with E-state index >= 15 is 0 Å². The molecule has 1 unspecified atom stereocenters. The van der Waals surface area contributed by atoms with Gasteiger partial charge in [-0.15, -0.1) is 0 Å². The van der Waals surface area contributed by atoms with Crippen molar-refractivity contribution in [3.63, 3.8) is 0 Å². The van der Waals surface area contributed by atoms with Gasteiger partial charge >= 0.3 is 8.60 Å². The summed E-state index contributed by atoms with van der Waals surface area (Å²) in [4.78, 5) is 0. The lowest BCUT2D eigenvalue weighted by atomic mass is 9.69. The molecule has 0 radical (unpaired) electrons. The van der Waals surface area contributed by atoms with Crippen molar-refractivity contribution in [1.29, 1.82) is 0 Å². The van der Waals surface area contributed by atoms with Crippen molar-refractivity contribution in [3.8, 4) is 5.75 Å². The number of allylic oxidation sites excluding steroid dienone is 10. The number of hydrogen-bond acceptors (Lipinski definition) is 3. The van der Waals surface area contributed by atoms with Crippen LogP contribution in [-0.2, 0) is 19.9 Å². The summed E-state index contributed by atoms with van der Waals surface area (Å²) in [6.45, 7) is 10.8. The SMILES string of the molecule is CC(C)(C1=C2C=CC=C[C@H]21)c1ccc(OP2OCCCO2)c(C(C)(C)C2C=CC=CC2)c1. The first-order valence-corrected chi connectivity index (χ1v) is 12.8. The molecule has 4 heteroatoms. The van der Waals surface area contributed by atoms with Crippen LogP contribution in [0, 0.1) is 11.8 Å². The van der Waals surface area contributed by atoms with Gasteiger partial charge in [-0.1, -0.05) is 88.4 Å². The minimum atomic E-state index is -1.34. The van der Waals surface area contributed by atoms with E-state index < -0.39 is 8.60 Å². The first kappa shape index (κ1) is 21.9. The molecule has 1 aliphatic heterocycles. The first-order chi connectivity index (χ1) is 15.4. The second-order valence-corrected chi connectivity index (χ2v) is 11.3. The van der Waals surface area contributed by atoms with Crippen LogP contribution in [0.4, 0.5) is 0 Å². The van der Waals surface area contributed by atoms with Crippen LogP contribution in [0.2, 0.25) is 0 Å². The smallest absolute Gasteiger partial charge is 0.397 e. The summed E-state index contributed by atoms with van der Waals surface area (Å²) >= 11 is 0. The molecule has 0 N–H and O–H groups in total. The van der Waals surface area contributed by atoms with Crippen molar-refractivity contribution in [3.05, 3.63) is 89.1 Å². The summed E-state index contributed by atoms with van der Waals surface area (Å²) in [6.07, 6.45) is 19.8. The van der Waals surface area contributed by atoms with E-state index in [2.05, 4.69) is 94.5 Å². The molecule has 0 bridgehead atoms. The third-order valence-electron chi connectivity index (χ3n) is 7.40. The van der Waals surface area contributed by atoms with Gasteiger partial charge in [0.2, 0.25) is 0 Å². The molecule has 0 amide bonds. The molecule has 0 saturated carbocycles. The highest BCUT2D eigenvalue weighted by Crippen LogP contribution is 2.55. The molecule has 3 nitrogen and oxygen atoms in total. The molecule has 1 heterocycles. The van der Waals surface area contributed by atoms with Crippen molar-refractivity contribution < 1.29 is 13.6 Å². The van der Waals surface area contributed by atoms with Gasteiger partial charge in [-0.05, 0) is 47.0 Å². The van der Waals surface area contributed by atoms with E-state index in [-0.39, 0.29) is 10.8 Å². The van der Waals surface area contributed by atoms with E-state index in [0.29, 0.717) is 25.0 Å². The Labute approximate surface area is 193 Å². The Hall–Kier alpha value is -1.93. The van der Waals surface area contributed by atoms with Gasteiger partial charge in [0, 0.05) is 16.9 Å². The van der Waals surface area contributed by atoms with Crippen LogP contribution in [-0.4, -0.2) is 13.2 Å². The molecule has 168 valence electrons. The summed E-state index contributed by atoms with van der Waals surface area (Å²) in [5, 5.41) is 0. The molecule has 1 aromatic rings. The fourth-order valence-electron chi connectivity index (χ4n) is 5.21. The number of rotatable bonds is 6. The fourth-order valence-corrected chi connectivity index (χ4v) is 6.27. The van der Waals surface area contributed by atoms with Crippen LogP contribution in [0.3, 0.4) is 0 Å². The van der Waals surface area contributed by atoms with Crippen molar-refractivity contribution in [1.82, 2.24) is 0 Å². The van der Waals surface area contributed by atoms with E-state index in [4.69, 9.17) is 13.6 Å². The molecule has 1 fully saturated rings. The molecular formula is C28H33O3P. The molecule has 1 saturated heterocycles. The fraction of sp³-hybridized carbons (Fsp3) is 0.429. The van der Waals surface area contributed by atoms with Gasteiger partial charge in [0.25, 0.3) is 0 Å². The minimum absolute atomic E-state index is 0.0339. The predicted molar refractivity (Wildman–Crippen MR) is 132 cm³/mol. The average molecular weight is 449 g/mol. The molecule has 2 atom stereocenters. The quantitative estimate of drug-likeness (QED) is 0.423. The Kier molecular flexibility index (Phi) is 5.78. The zero-order chi connectivity index (χ0) is 22.3. The van der Waals surface area contributed by atoms with Gasteiger partial charge in [0.15, 0.2) is 0 Å². The summed E-state index contributed by atoms with van der Waals surface area (Å²) < 4.78 is 17.9. The average Bonchev–Trinajstić information content (AvgIpc) is 3.56. The Balaban J connectivity index is 1.52. The summed E-state index contributed by atoms with van der Waals surface area (Å²) in [5.41, 5.74) is 5.44. The first-order valence-electron chi connectivity index (χ1n) is 11.7. The molecular weight excluding hydrogens is 415 g/mol. The van der Waals surface area contributed by atoms with Gasteiger partial charge in [0.1, 0.15) is 5.75 Å². The lowest BCUT2D eigenvalue weighted by molar-refractivity contribution is 0.146. The molecule has 5 rings (SSSR count). The summed E-state index contributed by atoms with van der Waals surface area (Å²) in [7, 11) is -1.34. The van der Waals surface area contributed by atoms with E-state index in [1.165, 1.54) is 22.3 Å². The maximum absolute atomic E-state index is 6.35. The third kappa shape index (κ3) is 3.96. The highest BCUT2D eigenvalue weighted by molar-refractivity contribution is 7.42. The largest absolute Gasteiger partial charge is 0.426 e. The molecule has 32 heavy (non-hydrogen) atoms. The maximum atomic E-state index is 6.35. The van der Waals surface area contributed by atoms with E-state index in [9.17, 15) is 0 Å². The zero-order valence-corrected chi connectivity index (χ0v) is 20.4. The molecule has 0 spiro atoms. The lowest BCUT2D eigenvalue weighted by Crippen LogP contribution is -2.29. The van der Waals surface area contributed by atoms with Gasteiger partial charge in [-0.3, -0.25) is 0 Å². The van der Waals surface area contributed by atoms with E-state index in [1.54, 1.807) is 0 Å². The second-order valence-electron chi connectivity index (χ2n) is 10.1. The van der Waals surface area contributed by atoms with Crippen molar-refractivity contribution in [2.45, 2.75) is 51.4 Å². The third-order valence-corrected chi connectivity index (χ3v) is 8.53. The highest BCUT2D eigenvalue weighted by Gasteiger charge is 2.44. The lowest BCUT2D eigenvalue weighted by Gasteiger charge is -2.36. The van der Waals surface area contributed by atoms with Crippen LogP contribution in [0.5, 0.6) is 5.75 Å². The topological polar surface area (TPSA) is 27.7 Å². The number of benzene rings is 1. The van der Waals surface area contributed by atoms with Crippen LogP contribution in [0.25, 0.3) is 0 Å². The summed E-state index contributed by atoms with van der Waals surface area (Å²) in [5.74, 6) is 1.79. The second kappa shape index (κ2) is 8.45. The van der Waals surface area contributed by atoms with Gasteiger partial charge < -0.3 is 13.6 Å². The Bertz CT molecular complexity index is 1030. The van der Waals surface area contributed by atoms with Crippen LogP contribution >= 0.6 is 8.60 Å². The molecule has 4 aliphatic rings. The highest BCUT2D eigenvalue weighted by atomic mass is 31.2. The van der Waals surface area contributed by atoms with Gasteiger partial charge in [-0.25, -0.2) is 0 Å². The minimum Gasteiger partial charge on any atom is -0.426 e. The van der Waals surface area contributed by atoms with Crippen molar-refractivity contribution >= 4 is 8.60 Å². The van der Waals surface area contributed by atoms with Crippen LogP contribution < -0.4 is 4.52 Å². The van der Waals surface area contributed by atoms with Gasteiger partial charge in [-0.2, -0.15) is 0 Å². The van der Waals surface area contributed by atoms with Crippen molar-refractivity contribution in [2.75, 3.05) is 13.2 Å². The normalized spacial score (nSPS) is 25.2. The monoisotopic (exact) mass is 448 g/mol. The van der Waals surface area contributed by atoms with Crippen molar-refractivity contribution in [2.24, 2.45) is 11.8 Å². The molecule has 1 aromatic carbocycles. The molecule has 0 aromatic heterocycles. The maximum Gasteiger partial charge on any atom is 0.397 e. The molecule has 3 aliphatic carbocycles. The van der Waals surface area contributed by atoms with Crippen LogP contribution in [0.1, 0.15) is 51.7 Å². The Morgan fingerprint density at radius 1 is 0.969 bits per heavy atom. The zero-order valence-electron chi connectivity index (χ0n) is 19.5. The number of fused-ring (bicyclic) bond motifs is 1. The van der Waals surface area contributed by atoms with Crippen LogP contribution in [0.15, 0.2) is 78.0 Å². The predicted octanol–water partition coefficient (Wildman–Crippen LogP) is 7.47. The summed E-state index contributed by atoms with van der Waals surface area (Å²) in [6, 6.07) is 6.76. The standard InChI is InChI=1S/C28H33O3P/c1-27(2,20-11-6-5-7-12-20)24-19-21(15-16-25(24)31-32-29-17-10-18-30-32)28(3,4)26-22-13-8-9-14-23(22)26/h5-9,11,13-16,19-20,22H,10,12,17-18H2,1-4H3/t20?,22-/m1/s1. The number of hydrogen-bond donors (Lipinski definition) is 0. The Morgan fingerprint density at radius 3 is 2.44 bits per heavy atom. The Morgan fingerprint density at radius 2 is 1.75 bits per heavy atom. The van der Waals surface area contributed by atoms with E-state index in [1.807, 2.05) is 0 Å².